The molecule has 2 atom stereocenters. The molecular weight excluding hydrogens is 264 g/mol. The number of hydrogen-bond acceptors (Lipinski definition) is 3. The molecule has 0 bridgehead atoms. The molecule has 0 aromatic carbocycles. The van der Waals surface area contributed by atoms with E-state index in [4.69, 9.17) is 4.74 Å². The summed E-state index contributed by atoms with van der Waals surface area (Å²) in [5, 5.41) is 3.20. The molecule has 4 nitrogen and oxygen atoms in total. The van der Waals surface area contributed by atoms with Gasteiger partial charge in [0.1, 0.15) is 0 Å². The molecule has 21 heavy (non-hydrogen) atoms. The minimum Gasteiger partial charge on any atom is -0.377 e. The van der Waals surface area contributed by atoms with E-state index in [-0.39, 0.29) is 5.91 Å². The van der Waals surface area contributed by atoms with E-state index in [1.54, 1.807) is 0 Å². The van der Waals surface area contributed by atoms with E-state index in [9.17, 15) is 4.79 Å². The van der Waals surface area contributed by atoms with Crippen molar-refractivity contribution in [2.45, 2.75) is 76.5 Å². The zero-order valence-electron chi connectivity index (χ0n) is 13.4. The van der Waals surface area contributed by atoms with E-state index in [1.165, 1.54) is 44.9 Å². The summed E-state index contributed by atoms with van der Waals surface area (Å²) in [6, 6.07) is 0.946. The monoisotopic (exact) mass is 294 g/mol. The fourth-order valence-corrected chi connectivity index (χ4v) is 3.86. The number of nitrogens with zero attached hydrogens (tertiary/aromatic N) is 1. The van der Waals surface area contributed by atoms with Crippen LogP contribution in [0.25, 0.3) is 0 Å². The number of hydrogen-bond donors (Lipinski definition) is 1. The fourth-order valence-electron chi connectivity index (χ4n) is 3.86. The van der Waals surface area contributed by atoms with Crippen LogP contribution in [-0.4, -0.2) is 48.7 Å². The molecule has 2 aliphatic carbocycles. The SMILES string of the molecule is C[C@@H](NC(=O)CN(C[C@@H]1CCCO1)C1CCCC1)C1CC1. The average Bonchev–Trinajstić information content (AvgIpc) is 2.96. The molecule has 2 saturated carbocycles. The quantitative estimate of drug-likeness (QED) is 0.783. The van der Waals surface area contributed by atoms with Crippen molar-refractivity contribution >= 4 is 5.91 Å². The summed E-state index contributed by atoms with van der Waals surface area (Å²) in [6.45, 7) is 4.54. The Morgan fingerprint density at radius 2 is 1.95 bits per heavy atom. The van der Waals surface area contributed by atoms with Crippen molar-refractivity contribution in [3.8, 4) is 0 Å². The van der Waals surface area contributed by atoms with Crippen molar-refractivity contribution in [1.29, 1.82) is 0 Å². The first-order valence-corrected chi connectivity index (χ1v) is 8.87. The van der Waals surface area contributed by atoms with Crippen molar-refractivity contribution in [3.63, 3.8) is 0 Å². The second-order valence-electron chi connectivity index (χ2n) is 7.20. The molecule has 3 aliphatic rings. The summed E-state index contributed by atoms with van der Waals surface area (Å²) in [7, 11) is 0. The maximum absolute atomic E-state index is 12.3. The van der Waals surface area contributed by atoms with Gasteiger partial charge in [-0.2, -0.15) is 0 Å². The summed E-state index contributed by atoms with van der Waals surface area (Å²) in [5.41, 5.74) is 0. The van der Waals surface area contributed by atoms with Gasteiger partial charge in [0, 0.05) is 25.2 Å². The van der Waals surface area contributed by atoms with Crippen molar-refractivity contribution in [1.82, 2.24) is 10.2 Å². The molecule has 0 aromatic rings. The van der Waals surface area contributed by atoms with Gasteiger partial charge >= 0.3 is 0 Å². The molecule has 0 aromatic heterocycles. The Labute approximate surface area is 128 Å². The predicted octanol–water partition coefficient (Wildman–Crippen LogP) is 2.32. The molecule has 120 valence electrons. The number of amides is 1. The van der Waals surface area contributed by atoms with E-state index in [1.807, 2.05) is 0 Å². The van der Waals surface area contributed by atoms with Crippen molar-refractivity contribution in [2.75, 3.05) is 19.7 Å². The van der Waals surface area contributed by atoms with E-state index in [0.29, 0.717) is 24.7 Å². The molecule has 1 saturated heterocycles. The molecule has 0 radical (unpaired) electrons. The minimum atomic E-state index is 0.208. The molecule has 1 aliphatic heterocycles. The van der Waals surface area contributed by atoms with Gasteiger partial charge in [0.15, 0.2) is 0 Å². The van der Waals surface area contributed by atoms with Gasteiger partial charge in [-0.15, -0.1) is 0 Å². The van der Waals surface area contributed by atoms with Crippen LogP contribution in [0.2, 0.25) is 0 Å². The lowest BCUT2D eigenvalue weighted by Gasteiger charge is -2.30. The first-order chi connectivity index (χ1) is 10.2. The Morgan fingerprint density at radius 3 is 2.57 bits per heavy atom. The van der Waals surface area contributed by atoms with E-state index in [2.05, 4.69) is 17.1 Å². The number of carbonyl (C=O) groups is 1. The highest BCUT2D eigenvalue weighted by molar-refractivity contribution is 5.78. The van der Waals surface area contributed by atoms with Gasteiger partial charge in [0.2, 0.25) is 5.91 Å². The maximum atomic E-state index is 12.3. The second kappa shape index (κ2) is 7.10. The van der Waals surface area contributed by atoms with Crippen LogP contribution in [0.4, 0.5) is 0 Å². The van der Waals surface area contributed by atoms with Crippen LogP contribution in [0.5, 0.6) is 0 Å². The molecule has 3 fully saturated rings. The van der Waals surface area contributed by atoms with Crippen LogP contribution in [0.3, 0.4) is 0 Å². The highest BCUT2D eigenvalue weighted by Crippen LogP contribution is 2.32. The molecule has 4 heteroatoms. The molecule has 1 amide bonds. The summed E-state index contributed by atoms with van der Waals surface area (Å²) in [5.74, 6) is 0.936. The Kier molecular flexibility index (Phi) is 5.17. The lowest BCUT2D eigenvalue weighted by molar-refractivity contribution is -0.124. The third-order valence-corrected chi connectivity index (χ3v) is 5.37. The highest BCUT2D eigenvalue weighted by Gasteiger charge is 2.31. The molecule has 3 rings (SSSR count). The smallest absolute Gasteiger partial charge is 0.234 e. The topological polar surface area (TPSA) is 41.6 Å². The molecule has 1 N–H and O–H groups in total. The summed E-state index contributed by atoms with van der Waals surface area (Å²) in [4.78, 5) is 14.7. The number of rotatable bonds is 7. The minimum absolute atomic E-state index is 0.208. The average molecular weight is 294 g/mol. The lowest BCUT2D eigenvalue weighted by atomic mass is 10.1. The lowest BCUT2D eigenvalue weighted by Crippen LogP contribution is -2.47. The van der Waals surface area contributed by atoms with Crippen molar-refractivity contribution in [2.24, 2.45) is 5.92 Å². The van der Waals surface area contributed by atoms with E-state index < -0.39 is 0 Å². The number of carbonyl (C=O) groups excluding carboxylic acids is 1. The Bertz CT molecular complexity index is 345. The van der Waals surface area contributed by atoms with Gasteiger partial charge in [0.25, 0.3) is 0 Å². The van der Waals surface area contributed by atoms with Crippen LogP contribution in [0.15, 0.2) is 0 Å². The van der Waals surface area contributed by atoms with Crippen LogP contribution in [-0.2, 0) is 9.53 Å². The zero-order valence-corrected chi connectivity index (χ0v) is 13.4. The Morgan fingerprint density at radius 1 is 1.19 bits per heavy atom. The summed E-state index contributed by atoms with van der Waals surface area (Å²) < 4.78 is 5.78. The van der Waals surface area contributed by atoms with Crippen molar-refractivity contribution < 1.29 is 9.53 Å². The predicted molar refractivity (Wildman–Crippen MR) is 83.1 cm³/mol. The normalized spacial score (nSPS) is 28.2. The van der Waals surface area contributed by atoms with Crippen molar-refractivity contribution in [3.05, 3.63) is 0 Å². The molecular formula is C17H30N2O2. The Hall–Kier alpha value is -0.610. The highest BCUT2D eigenvalue weighted by atomic mass is 16.5. The molecule has 1 heterocycles. The van der Waals surface area contributed by atoms with Crippen LogP contribution < -0.4 is 5.32 Å². The van der Waals surface area contributed by atoms with Gasteiger partial charge in [-0.05, 0) is 51.4 Å². The zero-order chi connectivity index (χ0) is 14.7. The van der Waals surface area contributed by atoms with Gasteiger partial charge in [-0.1, -0.05) is 12.8 Å². The number of nitrogens with one attached hydrogen (secondary N) is 1. The van der Waals surface area contributed by atoms with Crippen LogP contribution >= 0.6 is 0 Å². The largest absolute Gasteiger partial charge is 0.377 e. The van der Waals surface area contributed by atoms with E-state index in [0.717, 1.165) is 25.5 Å². The number of ether oxygens (including phenoxy) is 1. The third-order valence-electron chi connectivity index (χ3n) is 5.37. The molecule has 0 unspecified atom stereocenters. The molecule has 0 spiro atoms. The summed E-state index contributed by atoms with van der Waals surface area (Å²) >= 11 is 0. The fraction of sp³-hybridized carbons (Fsp3) is 0.941. The first-order valence-electron chi connectivity index (χ1n) is 8.87. The third kappa shape index (κ3) is 4.43. The van der Waals surface area contributed by atoms with Gasteiger partial charge in [-0.25, -0.2) is 0 Å². The maximum Gasteiger partial charge on any atom is 0.234 e. The van der Waals surface area contributed by atoms with Gasteiger partial charge in [0.05, 0.1) is 12.6 Å². The van der Waals surface area contributed by atoms with Crippen LogP contribution in [0.1, 0.15) is 58.3 Å². The van der Waals surface area contributed by atoms with E-state index >= 15 is 0 Å². The van der Waals surface area contributed by atoms with Gasteiger partial charge in [-0.3, -0.25) is 9.69 Å². The van der Waals surface area contributed by atoms with Gasteiger partial charge < -0.3 is 10.1 Å². The summed E-state index contributed by atoms with van der Waals surface area (Å²) in [6.07, 6.45) is 10.4. The second-order valence-corrected chi connectivity index (χ2v) is 7.20. The first kappa shape index (κ1) is 15.3. The Balaban J connectivity index is 1.51. The van der Waals surface area contributed by atoms with Crippen LogP contribution in [0, 0.1) is 5.92 Å². The standard InChI is InChI=1S/C17H30N2O2/c1-13(14-8-9-14)18-17(20)12-19(15-5-2-3-6-15)11-16-7-4-10-21-16/h13-16H,2-12H2,1H3,(H,18,20)/t13-,16+/m1/s1.